The fourth-order valence-electron chi connectivity index (χ4n) is 1.34. The van der Waals surface area contributed by atoms with Gasteiger partial charge in [-0.15, -0.1) is 0 Å². The van der Waals surface area contributed by atoms with Crippen molar-refractivity contribution in [2.45, 2.75) is 52.8 Å². The van der Waals surface area contributed by atoms with E-state index in [1.54, 1.807) is 11.8 Å². The van der Waals surface area contributed by atoms with Crippen LogP contribution in [0.5, 0.6) is 0 Å². The van der Waals surface area contributed by atoms with Crippen molar-refractivity contribution in [3.8, 4) is 0 Å². The van der Waals surface area contributed by atoms with Gasteiger partial charge in [0.2, 0.25) is 0 Å². The highest BCUT2D eigenvalue weighted by molar-refractivity contribution is 6.02. The van der Waals surface area contributed by atoms with Crippen LogP contribution in [0.4, 0.5) is 0 Å². The summed E-state index contributed by atoms with van der Waals surface area (Å²) in [7, 11) is 0. The number of amides is 1. The Morgan fingerprint density at radius 2 is 1.93 bits per heavy atom. The topological polar surface area (TPSA) is 41.9 Å². The third kappa shape index (κ3) is 2.05. The molecule has 14 heavy (non-hydrogen) atoms. The van der Waals surface area contributed by atoms with Crippen LogP contribution in [0.1, 0.15) is 34.6 Å². The molecule has 0 bridgehead atoms. The van der Waals surface area contributed by atoms with Crippen molar-refractivity contribution in [3.05, 3.63) is 0 Å². The van der Waals surface area contributed by atoms with Crippen LogP contribution in [-0.4, -0.2) is 35.0 Å². The zero-order valence-electron chi connectivity index (χ0n) is 9.44. The molecular weight excluding hydrogens is 180 g/mol. The van der Waals surface area contributed by atoms with E-state index in [9.17, 15) is 4.79 Å². The average molecular weight is 198 g/mol. The monoisotopic (exact) mass is 198 g/mol. The molecule has 1 saturated heterocycles. The van der Waals surface area contributed by atoms with E-state index < -0.39 is 6.10 Å². The Bertz CT molecular complexity index is 259. The van der Waals surface area contributed by atoms with Crippen molar-refractivity contribution in [1.29, 1.82) is 0 Å². The fourth-order valence-corrected chi connectivity index (χ4v) is 1.34. The van der Waals surface area contributed by atoms with Gasteiger partial charge in [-0.1, -0.05) is 0 Å². The van der Waals surface area contributed by atoms with Crippen molar-refractivity contribution >= 4 is 11.9 Å². The van der Waals surface area contributed by atoms with Gasteiger partial charge in [-0.3, -0.25) is 9.69 Å². The first-order chi connectivity index (χ1) is 6.43. The summed E-state index contributed by atoms with van der Waals surface area (Å²) in [5, 5.41) is 0. The minimum atomic E-state index is -0.394. The number of ether oxygens (including phenoxy) is 1. The minimum Gasteiger partial charge on any atom is -0.452 e. The van der Waals surface area contributed by atoms with E-state index in [4.69, 9.17) is 4.74 Å². The van der Waals surface area contributed by atoms with E-state index in [0.29, 0.717) is 6.02 Å². The van der Waals surface area contributed by atoms with Crippen LogP contribution in [-0.2, 0) is 9.53 Å². The molecule has 0 aromatic carbocycles. The highest BCUT2D eigenvalue weighted by atomic mass is 16.5. The Morgan fingerprint density at radius 3 is 2.36 bits per heavy atom. The number of hydrogen-bond acceptors (Lipinski definition) is 3. The zero-order valence-corrected chi connectivity index (χ0v) is 9.44. The van der Waals surface area contributed by atoms with Crippen molar-refractivity contribution in [3.63, 3.8) is 0 Å². The number of aliphatic imine (C=N–C) groups is 1. The maximum absolute atomic E-state index is 11.7. The Hall–Kier alpha value is -1.06. The van der Waals surface area contributed by atoms with E-state index in [1.165, 1.54) is 0 Å². The first kappa shape index (κ1) is 11.0. The number of amidine groups is 1. The zero-order chi connectivity index (χ0) is 10.9. The summed E-state index contributed by atoms with van der Waals surface area (Å²) in [5.41, 5.74) is 0. The van der Waals surface area contributed by atoms with Crippen LogP contribution in [0.2, 0.25) is 0 Å². The predicted molar refractivity (Wildman–Crippen MR) is 55.1 cm³/mol. The predicted octanol–water partition coefficient (Wildman–Crippen LogP) is 1.41. The van der Waals surface area contributed by atoms with Gasteiger partial charge in [-0.05, 0) is 34.6 Å². The van der Waals surface area contributed by atoms with Crippen LogP contribution < -0.4 is 0 Å². The Morgan fingerprint density at radius 1 is 1.36 bits per heavy atom. The Kier molecular flexibility index (Phi) is 3.13. The van der Waals surface area contributed by atoms with Crippen molar-refractivity contribution in [2.75, 3.05) is 0 Å². The summed E-state index contributed by atoms with van der Waals surface area (Å²) in [6, 6.07) is 0.710. The number of nitrogens with zero attached hydrogens (tertiary/aromatic N) is 2. The molecule has 1 amide bonds. The summed E-state index contributed by atoms with van der Waals surface area (Å²) in [4.78, 5) is 17.6. The van der Waals surface area contributed by atoms with Crippen LogP contribution in [0.3, 0.4) is 0 Å². The molecular formula is C10H18N2O2. The van der Waals surface area contributed by atoms with E-state index in [2.05, 4.69) is 4.99 Å². The number of carbonyl (C=O) groups excluding carboxylic acids is 1. The van der Waals surface area contributed by atoms with Gasteiger partial charge in [0.05, 0.1) is 0 Å². The number of rotatable bonds is 2. The molecule has 1 atom stereocenters. The Balaban J connectivity index is 2.91. The van der Waals surface area contributed by atoms with Crippen molar-refractivity contribution in [2.24, 2.45) is 4.99 Å². The summed E-state index contributed by atoms with van der Waals surface area (Å²) in [6.07, 6.45) is -0.394. The van der Waals surface area contributed by atoms with E-state index >= 15 is 0 Å². The lowest BCUT2D eigenvalue weighted by molar-refractivity contribution is -0.130. The maximum Gasteiger partial charge on any atom is 0.295 e. The van der Waals surface area contributed by atoms with Crippen LogP contribution in [0.25, 0.3) is 0 Å². The van der Waals surface area contributed by atoms with Gasteiger partial charge in [0.15, 0.2) is 6.10 Å². The van der Waals surface area contributed by atoms with Crippen molar-refractivity contribution in [1.82, 2.24) is 4.90 Å². The van der Waals surface area contributed by atoms with Gasteiger partial charge >= 0.3 is 0 Å². The molecule has 0 aromatic heterocycles. The standard InChI is InChI=1S/C10H18N2O2/c1-6(2)11-10-12(7(3)4)9(13)8(5)14-10/h6-8H,1-5H3. The largest absolute Gasteiger partial charge is 0.452 e. The second kappa shape index (κ2) is 3.98. The first-order valence-corrected chi connectivity index (χ1v) is 5.01. The average Bonchev–Trinajstić information content (AvgIpc) is 2.26. The van der Waals surface area contributed by atoms with Gasteiger partial charge in [0.1, 0.15) is 0 Å². The molecule has 1 heterocycles. The molecule has 80 valence electrons. The molecule has 1 rings (SSSR count). The van der Waals surface area contributed by atoms with Crippen molar-refractivity contribution < 1.29 is 9.53 Å². The molecule has 0 aliphatic carbocycles. The van der Waals surface area contributed by atoms with Crippen LogP contribution in [0, 0.1) is 0 Å². The van der Waals surface area contributed by atoms with Gasteiger partial charge < -0.3 is 4.74 Å². The first-order valence-electron chi connectivity index (χ1n) is 5.01. The minimum absolute atomic E-state index is 0.000556. The Labute approximate surface area is 84.9 Å². The summed E-state index contributed by atoms with van der Waals surface area (Å²) in [6.45, 7) is 9.58. The molecule has 4 heteroatoms. The molecule has 0 saturated carbocycles. The molecule has 1 unspecified atom stereocenters. The molecule has 0 spiro atoms. The second-order valence-corrected chi connectivity index (χ2v) is 4.07. The molecule has 0 aromatic rings. The van der Waals surface area contributed by atoms with Gasteiger partial charge in [-0.25, -0.2) is 4.99 Å². The molecule has 1 aliphatic rings. The van der Waals surface area contributed by atoms with E-state index in [0.717, 1.165) is 0 Å². The van der Waals surface area contributed by atoms with Crippen LogP contribution in [0.15, 0.2) is 4.99 Å². The summed E-state index contributed by atoms with van der Waals surface area (Å²) >= 11 is 0. The molecule has 0 N–H and O–H groups in total. The molecule has 4 nitrogen and oxygen atoms in total. The number of hydrogen-bond donors (Lipinski definition) is 0. The van der Waals surface area contributed by atoms with Gasteiger partial charge in [0.25, 0.3) is 11.9 Å². The van der Waals surface area contributed by atoms with Gasteiger partial charge in [-0.2, -0.15) is 0 Å². The number of carbonyl (C=O) groups is 1. The highest BCUT2D eigenvalue weighted by Crippen LogP contribution is 2.16. The fraction of sp³-hybridized carbons (Fsp3) is 0.800. The molecule has 1 fully saturated rings. The van der Waals surface area contributed by atoms with Crippen LogP contribution >= 0.6 is 0 Å². The SMILES string of the molecule is CC(C)N=C1OC(C)C(=O)N1C(C)C. The lowest BCUT2D eigenvalue weighted by Gasteiger charge is -2.18. The third-order valence-corrected chi connectivity index (χ3v) is 1.96. The molecule has 1 aliphatic heterocycles. The smallest absolute Gasteiger partial charge is 0.295 e. The quantitative estimate of drug-likeness (QED) is 0.673. The maximum atomic E-state index is 11.7. The van der Waals surface area contributed by atoms with Gasteiger partial charge in [0, 0.05) is 12.1 Å². The lowest BCUT2D eigenvalue weighted by Crippen LogP contribution is -2.37. The lowest BCUT2D eigenvalue weighted by atomic mass is 10.3. The normalized spacial score (nSPS) is 25.4. The van der Waals surface area contributed by atoms with E-state index in [-0.39, 0.29) is 18.0 Å². The second-order valence-electron chi connectivity index (χ2n) is 4.07. The molecule has 0 radical (unpaired) electrons. The van der Waals surface area contributed by atoms with E-state index in [1.807, 2.05) is 27.7 Å². The third-order valence-electron chi connectivity index (χ3n) is 1.96. The summed E-state index contributed by atoms with van der Waals surface area (Å²) in [5.74, 6) is -0.000556. The highest BCUT2D eigenvalue weighted by Gasteiger charge is 2.37. The summed E-state index contributed by atoms with van der Waals surface area (Å²) < 4.78 is 5.38.